The Bertz CT molecular complexity index is 374. The predicted octanol–water partition coefficient (Wildman–Crippen LogP) is 3.90. The van der Waals surface area contributed by atoms with E-state index in [1.54, 1.807) is 20.1 Å². The Morgan fingerprint density at radius 3 is 2.35 bits per heavy atom. The number of carbonyl (C=O) groups excluding carboxylic acids is 1. The van der Waals surface area contributed by atoms with Crippen molar-refractivity contribution in [1.82, 2.24) is 0 Å². The fraction of sp³-hybridized carbons (Fsp3) is 0.824. The van der Waals surface area contributed by atoms with E-state index in [9.17, 15) is 4.79 Å². The number of ether oxygens (including phenoxy) is 3. The fourth-order valence-electron chi connectivity index (χ4n) is 1.76. The minimum atomic E-state index is -1.88. The highest BCUT2D eigenvalue weighted by Gasteiger charge is 2.39. The molecule has 0 aromatic carbocycles. The SMILES string of the molecule is CCOC(=O)/C=C/C[C@@H](OCOC)[C@H](C)O[Si](C)(C)C(C)(C)C. The van der Waals surface area contributed by atoms with Gasteiger partial charge in [0.2, 0.25) is 0 Å². The maximum Gasteiger partial charge on any atom is 0.330 e. The second-order valence-corrected chi connectivity index (χ2v) is 11.8. The topological polar surface area (TPSA) is 54.0 Å². The Labute approximate surface area is 142 Å². The van der Waals surface area contributed by atoms with Crippen LogP contribution in [0.25, 0.3) is 0 Å². The molecule has 23 heavy (non-hydrogen) atoms. The van der Waals surface area contributed by atoms with Gasteiger partial charge in [-0.05, 0) is 38.4 Å². The highest BCUT2D eigenvalue weighted by atomic mass is 28.4. The maximum absolute atomic E-state index is 11.4. The van der Waals surface area contributed by atoms with Gasteiger partial charge < -0.3 is 18.6 Å². The lowest BCUT2D eigenvalue weighted by Gasteiger charge is -2.40. The van der Waals surface area contributed by atoms with Gasteiger partial charge in [0.1, 0.15) is 6.79 Å². The number of carbonyl (C=O) groups is 1. The largest absolute Gasteiger partial charge is 0.463 e. The molecule has 5 nitrogen and oxygen atoms in total. The first-order valence-electron chi connectivity index (χ1n) is 8.16. The third kappa shape index (κ3) is 8.65. The van der Waals surface area contributed by atoms with Crippen LogP contribution in [0.3, 0.4) is 0 Å². The summed E-state index contributed by atoms with van der Waals surface area (Å²) in [5, 5.41) is 0.133. The quantitative estimate of drug-likeness (QED) is 0.260. The summed E-state index contributed by atoms with van der Waals surface area (Å²) in [6, 6.07) is 0. The zero-order valence-electron chi connectivity index (χ0n) is 16.0. The zero-order valence-corrected chi connectivity index (χ0v) is 17.0. The van der Waals surface area contributed by atoms with Gasteiger partial charge in [-0.1, -0.05) is 26.8 Å². The second kappa shape index (κ2) is 10.2. The minimum Gasteiger partial charge on any atom is -0.463 e. The summed E-state index contributed by atoms with van der Waals surface area (Å²) >= 11 is 0. The van der Waals surface area contributed by atoms with Crippen LogP contribution in [-0.4, -0.2) is 47.0 Å². The smallest absolute Gasteiger partial charge is 0.330 e. The number of rotatable bonds is 10. The molecule has 6 heteroatoms. The van der Waals surface area contributed by atoms with Crippen molar-refractivity contribution in [3.63, 3.8) is 0 Å². The molecule has 2 atom stereocenters. The van der Waals surface area contributed by atoms with Crippen molar-refractivity contribution >= 4 is 14.3 Å². The molecule has 0 fully saturated rings. The molecule has 0 spiro atoms. The molecule has 0 unspecified atom stereocenters. The average Bonchev–Trinajstić information content (AvgIpc) is 2.40. The van der Waals surface area contributed by atoms with Crippen LogP contribution in [0.5, 0.6) is 0 Å². The Hall–Kier alpha value is -0.693. The summed E-state index contributed by atoms with van der Waals surface area (Å²) in [6.07, 6.45) is 3.51. The normalized spacial score (nSPS) is 15.7. The van der Waals surface area contributed by atoms with E-state index in [0.717, 1.165) is 0 Å². The lowest BCUT2D eigenvalue weighted by molar-refractivity contribution is -0.137. The molecule has 0 saturated heterocycles. The molecule has 0 bridgehead atoms. The molecule has 0 radical (unpaired) electrons. The summed E-state index contributed by atoms with van der Waals surface area (Å²) in [5.41, 5.74) is 0. The van der Waals surface area contributed by atoms with Crippen molar-refractivity contribution in [2.24, 2.45) is 0 Å². The first-order chi connectivity index (χ1) is 10.5. The van der Waals surface area contributed by atoms with Crippen molar-refractivity contribution in [2.45, 2.75) is 71.4 Å². The van der Waals surface area contributed by atoms with Crippen LogP contribution in [0.2, 0.25) is 18.1 Å². The van der Waals surface area contributed by atoms with Crippen molar-refractivity contribution in [3.05, 3.63) is 12.2 Å². The van der Waals surface area contributed by atoms with Gasteiger partial charge in [0.05, 0.1) is 18.8 Å². The second-order valence-electron chi connectivity index (χ2n) is 7.09. The Kier molecular flexibility index (Phi) is 9.92. The molecule has 0 rings (SSSR count). The van der Waals surface area contributed by atoms with E-state index in [1.807, 2.05) is 6.92 Å². The molecule has 0 N–H and O–H groups in total. The predicted molar refractivity (Wildman–Crippen MR) is 94.9 cm³/mol. The van der Waals surface area contributed by atoms with Gasteiger partial charge in [-0.25, -0.2) is 4.79 Å². The average molecular weight is 347 g/mol. The number of esters is 1. The van der Waals surface area contributed by atoms with Crippen molar-refractivity contribution in [1.29, 1.82) is 0 Å². The molecule has 136 valence electrons. The molecule has 0 amide bonds. The van der Waals surface area contributed by atoms with E-state index in [0.29, 0.717) is 13.0 Å². The summed E-state index contributed by atoms with van der Waals surface area (Å²) in [4.78, 5) is 11.4. The minimum absolute atomic E-state index is 0.0853. The Morgan fingerprint density at radius 1 is 1.26 bits per heavy atom. The molecule has 0 aromatic rings. The summed E-state index contributed by atoms with van der Waals surface area (Å²) in [5.74, 6) is -0.337. The van der Waals surface area contributed by atoms with Gasteiger partial charge in [0, 0.05) is 13.2 Å². The summed E-state index contributed by atoms with van der Waals surface area (Å²) < 4.78 is 22.0. The van der Waals surface area contributed by atoms with Crippen molar-refractivity contribution < 1.29 is 23.4 Å². The number of hydrogen-bond acceptors (Lipinski definition) is 5. The van der Waals surface area contributed by atoms with Crippen LogP contribution >= 0.6 is 0 Å². The summed E-state index contributed by atoms with van der Waals surface area (Å²) in [7, 11) is -0.292. The van der Waals surface area contributed by atoms with Crippen molar-refractivity contribution in [3.8, 4) is 0 Å². The molecule has 0 aliphatic heterocycles. The monoisotopic (exact) mass is 346 g/mol. The van der Waals surface area contributed by atoms with Crippen LogP contribution in [0.15, 0.2) is 12.2 Å². The standard InChI is InChI=1S/C17H34O5Si/c1-9-20-16(18)12-10-11-15(21-13-19-6)14(2)22-23(7,8)17(3,4)5/h10,12,14-15H,9,11,13H2,1-8H3/b12-10+/t14-,15+/m0/s1. The zero-order chi connectivity index (χ0) is 18.1. The van der Waals surface area contributed by atoms with E-state index in [4.69, 9.17) is 18.6 Å². The lowest BCUT2D eigenvalue weighted by Crippen LogP contribution is -2.46. The van der Waals surface area contributed by atoms with Gasteiger partial charge in [0.25, 0.3) is 0 Å². The van der Waals surface area contributed by atoms with Crippen LogP contribution < -0.4 is 0 Å². The first kappa shape index (κ1) is 22.3. The number of methoxy groups -OCH3 is 1. The number of hydrogen-bond donors (Lipinski definition) is 0. The highest BCUT2D eigenvalue weighted by Crippen LogP contribution is 2.37. The van der Waals surface area contributed by atoms with Gasteiger partial charge in [0.15, 0.2) is 8.32 Å². The fourth-order valence-corrected chi connectivity index (χ4v) is 3.19. The molecular formula is C17H34O5Si. The Balaban J connectivity index is 4.78. The highest BCUT2D eigenvalue weighted by molar-refractivity contribution is 6.74. The van der Waals surface area contributed by atoms with Gasteiger partial charge in [-0.2, -0.15) is 0 Å². The molecular weight excluding hydrogens is 312 g/mol. The molecule has 0 aliphatic rings. The van der Waals surface area contributed by atoms with E-state index in [2.05, 4.69) is 33.9 Å². The van der Waals surface area contributed by atoms with E-state index in [1.165, 1.54) is 6.08 Å². The van der Waals surface area contributed by atoms with Crippen LogP contribution in [0.1, 0.15) is 41.0 Å². The van der Waals surface area contributed by atoms with Gasteiger partial charge >= 0.3 is 5.97 Å². The first-order valence-corrected chi connectivity index (χ1v) is 11.1. The van der Waals surface area contributed by atoms with E-state index < -0.39 is 8.32 Å². The van der Waals surface area contributed by atoms with Crippen LogP contribution in [0.4, 0.5) is 0 Å². The molecule has 0 aliphatic carbocycles. The molecule has 0 saturated carbocycles. The third-order valence-corrected chi connectivity index (χ3v) is 8.69. The van der Waals surface area contributed by atoms with E-state index >= 15 is 0 Å². The Morgan fingerprint density at radius 2 is 1.87 bits per heavy atom. The molecule has 0 aromatic heterocycles. The van der Waals surface area contributed by atoms with Crippen LogP contribution in [0, 0.1) is 0 Å². The van der Waals surface area contributed by atoms with Crippen molar-refractivity contribution in [2.75, 3.05) is 20.5 Å². The van der Waals surface area contributed by atoms with E-state index in [-0.39, 0.29) is 30.0 Å². The summed E-state index contributed by atoms with van der Waals surface area (Å²) in [6.45, 7) is 15.4. The van der Waals surface area contributed by atoms with Gasteiger partial charge in [-0.15, -0.1) is 0 Å². The third-order valence-electron chi connectivity index (χ3n) is 4.12. The van der Waals surface area contributed by atoms with Gasteiger partial charge in [-0.3, -0.25) is 0 Å². The maximum atomic E-state index is 11.4. The molecule has 0 heterocycles. The lowest BCUT2D eigenvalue weighted by atomic mass is 10.1. The van der Waals surface area contributed by atoms with Crippen LogP contribution in [-0.2, 0) is 23.4 Å².